The molecule has 5 heteroatoms. The molecule has 0 bridgehead atoms. The first-order chi connectivity index (χ1) is 9.82. The van der Waals surface area contributed by atoms with E-state index >= 15 is 0 Å². The molecule has 2 rings (SSSR count). The third-order valence-corrected chi connectivity index (χ3v) is 3.92. The predicted molar refractivity (Wildman–Crippen MR) is 82.7 cm³/mol. The van der Waals surface area contributed by atoms with Crippen LogP contribution in [0, 0.1) is 17.6 Å². The van der Waals surface area contributed by atoms with E-state index < -0.39 is 11.6 Å². The lowest BCUT2D eigenvalue weighted by Crippen LogP contribution is -2.12. The van der Waals surface area contributed by atoms with Crippen molar-refractivity contribution < 1.29 is 8.78 Å². The van der Waals surface area contributed by atoms with Crippen LogP contribution in [0.15, 0.2) is 12.1 Å². The Morgan fingerprint density at radius 1 is 1.14 bits per heavy atom. The minimum absolute atomic E-state index is 0.0184. The van der Waals surface area contributed by atoms with Gasteiger partial charge in [-0.2, -0.15) is 0 Å². The van der Waals surface area contributed by atoms with Crippen LogP contribution in [0.2, 0.25) is 0 Å². The molecule has 2 aromatic rings. The van der Waals surface area contributed by atoms with E-state index in [9.17, 15) is 8.78 Å². The monoisotopic (exact) mass is 314 g/mol. The molecule has 0 spiro atoms. The van der Waals surface area contributed by atoms with Gasteiger partial charge >= 0.3 is 0 Å². The summed E-state index contributed by atoms with van der Waals surface area (Å²) in [5, 5.41) is -0.360. The number of benzene rings is 1. The summed E-state index contributed by atoms with van der Waals surface area (Å²) in [7, 11) is 0. The fourth-order valence-corrected chi connectivity index (χ4v) is 2.73. The maximum atomic E-state index is 14.2. The Bertz CT molecular complexity index is 635. The normalized spacial score (nSPS) is 14.9. The van der Waals surface area contributed by atoms with Crippen molar-refractivity contribution in [3.05, 3.63) is 29.6 Å². The van der Waals surface area contributed by atoms with Gasteiger partial charge in [-0.15, -0.1) is 11.6 Å². The zero-order valence-electron chi connectivity index (χ0n) is 12.8. The third-order valence-electron chi connectivity index (χ3n) is 3.73. The van der Waals surface area contributed by atoms with Crippen LogP contribution in [0.25, 0.3) is 11.0 Å². The van der Waals surface area contributed by atoms with Crippen LogP contribution in [0.5, 0.6) is 0 Å². The molecular weight excluding hydrogens is 294 g/mol. The van der Waals surface area contributed by atoms with E-state index in [1.54, 1.807) is 11.5 Å². The molecule has 2 atom stereocenters. The van der Waals surface area contributed by atoms with Crippen LogP contribution in [0.1, 0.15) is 57.8 Å². The highest BCUT2D eigenvalue weighted by Gasteiger charge is 2.23. The number of nitrogens with zero attached hydrogens (tertiary/aromatic N) is 2. The zero-order chi connectivity index (χ0) is 15.7. The fraction of sp³-hybridized carbons (Fsp3) is 0.562. The molecule has 0 radical (unpaired) electrons. The largest absolute Gasteiger partial charge is 0.321 e. The fourth-order valence-electron chi connectivity index (χ4n) is 2.57. The van der Waals surface area contributed by atoms with Crippen molar-refractivity contribution in [3.63, 3.8) is 0 Å². The molecule has 0 N–H and O–H groups in total. The first kappa shape index (κ1) is 16.2. The summed E-state index contributed by atoms with van der Waals surface area (Å²) in [6.45, 7) is 8.08. The first-order valence-electron chi connectivity index (χ1n) is 7.32. The molecule has 21 heavy (non-hydrogen) atoms. The number of hydrogen-bond donors (Lipinski definition) is 0. The molecule has 1 aromatic heterocycles. The van der Waals surface area contributed by atoms with Gasteiger partial charge in [0.1, 0.15) is 11.3 Å². The topological polar surface area (TPSA) is 17.8 Å². The molecule has 0 saturated heterocycles. The molecule has 0 aliphatic heterocycles. The number of rotatable bonds is 5. The predicted octanol–water partition coefficient (Wildman–Crippen LogP) is 5.61. The molecule has 0 saturated carbocycles. The third kappa shape index (κ3) is 3.20. The van der Waals surface area contributed by atoms with Crippen LogP contribution in [-0.2, 0) is 0 Å². The van der Waals surface area contributed by atoms with E-state index in [1.165, 1.54) is 6.07 Å². The lowest BCUT2D eigenvalue weighted by Gasteiger charge is -2.19. The van der Waals surface area contributed by atoms with E-state index in [1.807, 2.05) is 6.92 Å². The Morgan fingerprint density at radius 3 is 2.38 bits per heavy atom. The van der Waals surface area contributed by atoms with Crippen molar-refractivity contribution in [1.29, 1.82) is 0 Å². The molecule has 116 valence electrons. The average Bonchev–Trinajstić information content (AvgIpc) is 2.80. The minimum atomic E-state index is -0.853. The van der Waals surface area contributed by atoms with Crippen molar-refractivity contribution in [2.75, 3.05) is 0 Å². The molecule has 0 aliphatic carbocycles. The Balaban J connectivity index is 2.57. The summed E-state index contributed by atoms with van der Waals surface area (Å²) in [5.41, 5.74) is 0.668. The SMILES string of the molecule is CC(C)CCC(C)n1c(C(C)Cl)nc2ccc(F)c(F)c21. The second-order valence-electron chi connectivity index (χ2n) is 6.01. The van der Waals surface area contributed by atoms with Crippen molar-refractivity contribution in [2.24, 2.45) is 5.92 Å². The highest BCUT2D eigenvalue weighted by atomic mass is 35.5. The van der Waals surface area contributed by atoms with Crippen molar-refractivity contribution in [3.8, 4) is 0 Å². The number of hydrogen-bond acceptors (Lipinski definition) is 1. The zero-order valence-corrected chi connectivity index (χ0v) is 13.6. The van der Waals surface area contributed by atoms with Gasteiger partial charge in [0, 0.05) is 6.04 Å². The summed E-state index contributed by atoms with van der Waals surface area (Å²) in [6.07, 6.45) is 1.88. The van der Waals surface area contributed by atoms with Crippen LogP contribution < -0.4 is 0 Å². The summed E-state index contributed by atoms with van der Waals surface area (Å²) in [4.78, 5) is 4.39. The number of alkyl halides is 1. The Labute approximate surface area is 129 Å². The number of halogens is 3. The Kier molecular flexibility index (Phi) is 4.87. The molecule has 0 amide bonds. The van der Waals surface area contributed by atoms with Gasteiger partial charge in [-0.05, 0) is 44.7 Å². The molecule has 1 aromatic carbocycles. The van der Waals surface area contributed by atoms with Gasteiger partial charge in [0.05, 0.1) is 10.9 Å². The molecule has 0 fully saturated rings. The van der Waals surface area contributed by atoms with E-state index in [0.29, 0.717) is 17.3 Å². The summed E-state index contributed by atoms with van der Waals surface area (Å²) < 4.78 is 29.5. The average molecular weight is 315 g/mol. The van der Waals surface area contributed by atoms with Crippen LogP contribution >= 0.6 is 11.6 Å². The van der Waals surface area contributed by atoms with Gasteiger partial charge in [0.15, 0.2) is 11.6 Å². The quantitative estimate of drug-likeness (QED) is 0.656. The number of aromatic nitrogens is 2. The first-order valence-corrected chi connectivity index (χ1v) is 7.76. The van der Waals surface area contributed by atoms with E-state index in [2.05, 4.69) is 18.8 Å². The lowest BCUT2D eigenvalue weighted by molar-refractivity contribution is 0.430. The van der Waals surface area contributed by atoms with E-state index in [0.717, 1.165) is 18.9 Å². The van der Waals surface area contributed by atoms with Crippen molar-refractivity contribution >= 4 is 22.6 Å². The van der Waals surface area contributed by atoms with E-state index in [-0.39, 0.29) is 16.9 Å². The molecule has 1 heterocycles. The van der Waals surface area contributed by atoms with Crippen LogP contribution in [0.3, 0.4) is 0 Å². The van der Waals surface area contributed by atoms with Crippen LogP contribution in [-0.4, -0.2) is 9.55 Å². The lowest BCUT2D eigenvalue weighted by atomic mass is 10.0. The Hall–Kier alpha value is -1.16. The van der Waals surface area contributed by atoms with Crippen molar-refractivity contribution in [2.45, 2.75) is 52.0 Å². The molecular formula is C16H21ClF2N2. The summed E-state index contributed by atoms with van der Waals surface area (Å²) >= 11 is 6.18. The highest BCUT2D eigenvalue weighted by molar-refractivity contribution is 6.20. The standard InChI is InChI=1S/C16H21ClF2N2/c1-9(2)5-6-10(3)21-15-13(20-16(21)11(4)17)8-7-12(18)14(15)19/h7-11H,5-6H2,1-4H3. The Morgan fingerprint density at radius 2 is 1.81 bits per heavy atom. The number of imidazole rings is 1. The van der Waals surface area contributed by atoms with Gasteiger partial charge in [-0.1, -0.05) is 13.8 Å². The highest BCUT2D eigenvalue weighted by Crippen LogP contribution is 2.32. The molecule has 2 unspecified atom stereocenters. The van der Waals surface area contributed by atoms with Crippen LogP contribution in [0.4, 0.5) is 8.78 Å². The summed E-state index contributed by atoms with van der Waals surface area (Å²) in [6, 6.07) is 2.63. The van der Waals surface area contributed by atoms with Gasteiger partial charge in [0.2, 0.25) is 0 Å². The minimum Gasteiger partial charge on any atom is -0.321 e. The van der Waals surface area contributed by atoms with Gasteiger partial charge < -0.3 is 4.57 Å². The molecule has 0 aliphatic rings. The smallest absolute Gasteiger partial charge is 0.184 e. The van der Waals surface area contributed by atoms with Crippen molar-refractivity contribution in [1.82, 2.24) is 9.55 Å². The second kappa shape index (κ2) is 6.30. The maximum absolute atomic E-state index is 14.2. The second-order valence-corrected chi connectivity index (χ2v) is 6.66. The maximum Gasteiger partial charge on any atom is 0.184 e. The number of fused-ring (bicyclic) bond motifs is 1. The van der Waals surface area contributed by atoms with Gasteiger partial charge in [0.25, 0.3) is 0 Å². The summed E-state index contributed by atoms with van der Waals surface area (Å²) in [5.74, 6) is -0.554. The van der Waals surface area contributed by atoms with Gasteiger partial charge in [-0.3, -0.25) is 0 Å². The van der Waals surface area contributed by atoms with E-state index in [4.69, 9.17) is 11.6 Å². The molecule has 2 nitrogen and oxygen atoms in total. The van der Waals surface area contributed by atoms with Gasteiger partial charge in [-0.25, -0.2) is 13.8 Å².